The van der Waals surface area contributed by atoms with Gasteiger partial charge in [0.15, 0.2) is 0 Å². The molecule has 1 saturated heterocycles. The Hall–Kier alpha value is 0.647. The van der Waals surface area contributed by atoms with Crippen molar-refractivity contribution in [3.05, 3.63) is 0 Å². The highest BCUT2D eigenvalue weighted by Gasteiger charge is 2.36. The van der Waals surface area contributed by atoms with Crippen molar-refractivity contribution in [1.29, 1.82) is 0 Å². The van der Waals surface area contributed by atoms with E-state index in [1.807, 2.05) is 0 Å². The first-order valence-corrected chi connectivity index (χ1v) is 10.7. The van der Waals surface area contributed by atoms with Gasteiger partial charge in [-0.05, 0) is 25.2 Å². The molecule has 0 amide bonds. The van der Waals surface area contributed by atoms with Gasteiger partial charge in [0.1, 0.15) is 0 Å². The second-order valence-electron chi connectivity index (χ2n) is 3.98. The van der Waals surface area contributed by atoms with E-state index in [1.54, 1.807) is 43.3 Å². The van der Waals surface area contributed by atoms with Crippen LogP contribution in [0.5, 0.6) is 0 Å². The maximum atomic E-state index is 2.46. The quantitative estimate of drug-likeness (QED) is 0.472. The van der Waals surface area contributed by atoms with Crippen LogP contribution < -0.4 is 0 Å². The standard InChI is InChI=1S/C10H23PSi/c1-4-12(5-2,6-3)11-9-7-8-10-11/h4-10H2,1-3H3. The van der Waals surface area contributed by atoms with Gasteiger partial charge in [0, 0.05) is 0 Å². The van der Waals surface area contributed by atoms with Crippen molar-refractivity contribution in [2.45, 2.75) is 51.7 Å². The molecule has 2 heteroatoms. The van der Waals surface area contributed by atoms with Gasteiger partial charge in [-0.2, -0.15) is 0 Å². The van der Waals surface area contributed by atoms with E-state index in [-0.39, 0.29) is 0 Å². The number of hydrogen-bond acceptors (Lipinski definition) is 0. The Morgan fingerprint density at radius 3 is 1.67 bits per heavy atom. The number of hydrogen-bond donors (Lipinski definition) is 0. The molecule has 0 aromatic heterocycles. The second-order valence-corrected chi connectivity index (χ2v) is 15.3. The molecule has 12 heavy (non-hydrogen) atoms. The minimum atomic E-state index is -0.720. The first-order valence-electron chi connectivity index (χ1n) is 5.54. The number of rotatable bonds is 4. The first kappa shape index (κ1) is 10.7. The van der Waals surface area contributed by atoms with Gasteiger partial charge < -0.3 is 0 Å². The maximum absolute atomic E-state index is 2.46. The predicted octanol–water partition coefficient (Wildman–Crippen LogP) is 4.27. The van der Waals surface area contributed by atoms with E-state index in [9.17, 15) is 0 Å². The van der Waals surface area contributed by atoms with Gasteiger partial charge >= 0.3 is 0 Å². The summed E-state index contributed by atoms with van der Waals surface area (Å²) >= 11 is 0. The zero-order chi connectivity index (χ0) is 9.03. The summed E-state index contributed by atoms with van der Waals surface area (Å²) in [6.07, 6.45) is 6.38. The van der Waals surface area contributed by atoms with Gasteiger partial charge in [0.2, 0.25) is 0 Å². The van der Waals surface area contributed by atoms with Crippen LogP contribution in [0.2, 0.25) is 18.1 Å². The molecule has 0 saturated carbocycles. The highest BCUT2D eigenvalue weighted by Crippen LogP contribution is 2.56. The zero-order valence-electron chi connectivity index (χ0n) is 8.90. The molecule has 0 aromatic rings. The van der Waals surface area contributed by atoms with Crippen molar-refractivity contribution >= 4 is 15.2 Å². The third-order valence-electron chi connectivity index (χ3n) is 3.75. The van der Waals surface area contributed by atoms with Crippen molar-refractivity contribution in [2.75, 3.05) is 12.3 Å². The van der Waals surface area contributed by atoms with Crippen LogP contribution >= 0.6 is 7.47 Å². The van der Waals surface area contributed by atoms with Gasteiger partial charge in [0.05, 0.1) is 7.74 Å². The van der Waals surface area contributed by atoms with Crippen molar-refractivity contribution in [2.24, 2.45) is 0 Å². The Morgan fingerprint density at radius 2 is 1.33 bits per heavy atom. The zero-order valence-corrected chi connectivity index (χ0v) is 10.8. The Labute approximate surface area is 79.7 Å². The summed E-state index contributed by atoms with van der Waals surface area (Å²) in [5.74, 6) is 0. The molecule has 0 aliphatic carbocycles. The highest BCUT2D eigenvalue weighted by molar-refractivity contribution is 7.95. The molecule has 0 spiro atoms. The summed E-state index contributed by atoms with van der Waals surface area (Å²) in [4.78, 5) is 0. The van der Waals surface area contributed by atoms with Crippen LogP contribution in [0.3, 0.4) is 0 Å². The smallest absolute Gasteiger partial charge is 0.0803 e. The Balaban J connectivity index is 2.61. The fourth-order valence-electron chi connectivity index (χ4n) is 2.61. The van der Waals surface area contributed by atoms with Crippen molar-refractivity contribution in [3.63, 3.8) is 0 Å². The van der Waals surface area contributed by atoms with Gasteiger partial charge in [-0.1, -0.05) is 38.9 Å². The van der Waals surface area contributed by atoms with Crippen LogP contribution in [-0.2, 0) is 0 Å². The molecule has 0 atom stereocenters. The third kappa shape index (κ3) is 1.93. The van der Waals surface area contributed by atoms with E-state index < -0.39 is 7.74 Å². The average Bonchev–Trinajstić information content (AvgIpc) is 2.62. The van der Waals surface area contributed by atoms with Crippen molar-refractivity contribution in [1.82, 2.24) is 0 Å². The monoisotopic (exact) mass is 202 g/mol. The summed E-state index contributed by atoms with van der Waals surface area (Å²) in [5.41, 5.74) is 0. The lowest BCUT2D eigenvalue weighted by molar-refractivity contribution is 0.949. The molecule has 1 aliphatic rings. The van der Waals surface area contributed by atoms with Crippen LogP contribution in [0, 0.1) is 0 Å². The fourth-order valence-corrected chi connectivity index (χ4v) is 15.7. The molecular weight excluding hydrogens is 179 g/mol. The van der Waals surface area contributed by atoms with Gasteiger partial charge in [-0.3, -0.25) is 0 Å². The lowest BCUT2D eigenvalue weighted by Gasteiger charge is -2.35. The molecular formula is C10H23PSi. The van der Waals surface area contributed by atoms with Crippen LogP contribution in [0.15, 0.2) is 0 Å². The molecule has 0 bridgehead atoms. The van der Waals surface area contributed by atoms with Gasteiger partial charge in [-0.15, -0.1) is 7.47 Å². The fraction of sp³-hybridized carbons (Fsp3) is 1.00. The largest absolute Gasteiger partial charge is 0.118 e. The molecule has 0 unspecified atom stereocenters. The van der Waals surface area contributed by atoms with Crippen LogP contribution in [0.1, 0.15) is 33.6 Å². The van der Waals surface area contributed by atoms with Gasteiger partial charge in [-0.25, -0.2) is 0 Å². The molecule has 1 aliphatic heterocycles. The summed E-state index contributed by atoms with van der Waals surface area (Å²) in [7, 11) is -0.174. The van der Waals surface area contributed by atoms with Gasteiger partial charge in [0.25, 0.3) is 0 Å². The summed E-state index contributed by atoms with van der Waals surface area (Å²) < 4.78 is 0. The molecule has 0 aromatic carbocycles. The van der Waals surface area contributed by atoms with E-state index >= 15 is 0 Å². The summed E-state index contributed by atoms with van der Waals surface area (Å²) in [6.45, 7) is 7.37. The first-order chi connectivity index (χ1) is 5.79. The van der Waals surface area contributed by atoms with E-state index in [2.05, 4.69) is 20.8 Å². The minimum Gasteiger partial charge on any atom is -0.118 e. The average molecular weight is 202 g/mol. The molecule has 0 nitrogen and oxygen atoms in total. The molecule has 1 heterocycles. The van der Waals surface area contributed by atoms with E-state index in [0.717, 1.165) is 0 Å². The predicted molar refractivity (Wildman–Crippen MR) is 63.1 cm³/mol. The third-order valence-corrected chi connectivity index (χ3v) is 19.0. The Morgan fingerprint density at radius 1 is 0.917 bits per heavy atom. The molecule has 1 fully saturated rings. The van der Waals surface area contributed by atoms with Crippen molar-refractivity contribution < 1.29 is 0 Å². The highest BCUT2D eigenvalue weighted by atomic mass is 31.4. The lowest BCUT2D eigenvalue weighted by Crippen LogP contribution is -2.30. The minimum absolute atomic E-state index is 0.546. The Kier molecular flexibility index (Phi) is 4.26. The molecule has 1 rings (SSSR count). The topological polar surface area (TPSA) is 0 Å². The van der Waals surface area contributed by atoms with E-state index in [0.29, 0.717) is 7.47 Å². The molecule has 0 N–H and O–H groups in total. The van der Waals surface area contributed by atoms with E-state index in [1.165, 1.54) is 0 Å². The SMILES string of the molecule is CC[Si](CC)(CC)P1CCCC1. The normalized spacial score (nSPS) is 20.2. The molecule has 0 radical (unpaired) electrons. The van der Waals surface area contributed by atoms with Crippen molar-refractivity contribution in [3.8, 4) is 0 Å². The summed E-state index contributed by atoms with van der Waals surface area (Å²) in [5, 5.41) is 0. The summed E-state index contributed by atoms with van der Waals surface area (Å²) in [6, 6.07) is 4.68. The Bertz CT molecular complexity index is 118. The van der Waals surface area contributed by atoms with Crippen LogP contribution in [0.4, 0.5) is 0 Å². The lowest BCUT2D eigenvalue weighted by atomic mass is 10.4. The molecule has 72 valence electrons. The van der Waals surface area contributed by atoms with E-state index in [4.69, 9.17) is 0 Å². The maximum Gasteiger partial charge on any atom is 0.0803 e. The second kappa shape index (κ2) is 4.76. The van der Waals surface area contributed by atoms with Crippen LogP contribution in [0.25, 0.3) is 0 Å². The van der Waals surface area contributed by atoms with Crippen LogP contribution in [-0.4, -0.2) is 20.1 Å².